The lowest BCUT2D eigenvalue weighted by molar-refractivity contribution is -0.120. The van der Waals surface area contributed by atoms with Crippen molar-refractivity contribution in [2.75, 3.05) is 11.9 Å². The highest BCUT2D eigenvalue weighted by Crippen LogP contribution is 2.25. The summed E-state index contributed by atoms with van der Waals surface area (Å²) >= 11 is 0. The zero-order chi connectivity index (χ0) is 13.5. The summed E-state index contributed by atoms with van der Waals surface area (Å²) in [5, 5.41) is 11.9. The number of carbonyl (C=O) groups is 1. The van der Waals surface area contributed by atoms with E-state index in [0.717, 1.165) is 36.9 Å². The molecule has 0 spiro atoms. The monoisotopic (exact) mass is 261 g/mol. The normalized spacial score (nSPS) is 16.3. The summed E-state index contributed by atoms with van der Waals surface area (Å²) in [6.07, 6.45) is 7.28. The van der Waals surface area contributed by atoms with Crippen molar-refractivity contribution in [2.45, 2.75) is 44.9 Å². The molecule has 1 saturated carbocycles. The van der Waals surface area contributed by atoms with E-state index in [1.165, 1.54) is 19.3 Å². The molecule has 1 aliphatic rings. The van der Waals surface area contributed by atoms with Crippen molar-refractivity contribution in [2.24, 2.45) is 5.92 Å². The van der Waals surface area contributed by atoms with Gasteiger partial charge in [0.1, 0.15) is 0 Å². The molecule has 0 aromatic heterocycles. The third-order valence-corrected chi connectivity index (χ3v) is 3.79. The lowest BCUT2D eigenvalue weighted by atomic mass is 9.88. The standard InChI is InChI=1S/C16H23NO2/c18-11-5-7-13-6-4-10-15(12-13)17-16(19)14-8-2-1-3-9-14/h4,6,10,12,14,18H,1-3,5,7-9,11H2,(H,17,19). The Kier molecular flexibility index (Phi) is 5.40. The summed E-state index contributed by atoms with van der Waals surface area (Å²) in [6.45, 7) is 0.207. The van der Waals surface area contributed by atoms with Crippen LogP contribution in [-0.4, -0.2) is 17.6 Å². The van der Waals surface area contributed by atoms with Gasteiger partial charge in [-0.3, -0.25) is 4.79 Å². The Morgan fingerprint density at radius 2 is 2.05 bits per heavy atom. The summed E-state index contributed by atoms with van der Waals surface area (Å²) in [4.78, 5) is 12.1. The summed E-state index contributed by atoms with van der Waals surface area (Å²) in [5.41, 5.74) is 2.04. The van der Waals surface area contributed by atoms with Crippen molar-refractivity contribution < 1.29 is 9.90 Å². The van der Waals surface area contributed by atoms with Gasteiger partial charge in [0.2, 0.25) is 5.91 Å². The zero-order valence-electron chi connectivity index (χ0n) is 11.4. The van der Waals surface area contributed by atoms with Crippen LogP contribution in [0.15, 0.2) is 24.3 Å². The summed E-state index contributed by atoms with van der Waals surface area (Å²) in [7, 11) is 0. The van der Waals surface area contributed by atoms with E-state index in [-0.39, 0.29) is 18.4 Å². The van der Waals surface area contributed by atoms with Crippen LogP contribution in [0.2, 0.25) is 0 Å². The molecule has 104 valence electrons. The number of anilines is 1. The second kappa shape index (κ2) is 7.29. The molecule has 0 heterocycles. The molecule has 3 nitrogen and oxygen atoms in total. The molecular weight excluding hydrogens is 238 g/mol. The summed E-state index contributed by atoms with van der Waals surface area (Å²) in [5.74, 6) is 0.355. The third kappa shape index (κ3) is 4.35. The minimum atomic E-state index is 0.166. The Labute approximate surface area is 115 Å². The number of nitrogens with one attached hydrogen (secondary N) is 1. The van der Waals surface area contributed by atoms with E-state index in [9.17, 15) is 4.79 Å². The molecule has 0 radical (unpaired) electrons. The van der Waals surface area contributed by atoms with Crippen LogP contribution in [0.3, 0.4) is 0 Å². The summed E-state index contributed by atoms with van der Waals surface area (Å²) in [6, 6.07) is 7.94. The number of hydrogen-bond acceptors (Lipinski definition) is 2. The highest BCUT2D eigenvalue weighted by Gasteiger charge is 2.20. The first-order chi connectivity index (χ1) is 9.29. The highest BCUT2D eigenvalue weighted by atomic mass is 16.2. The topological polar surface area (TPSA) is 49.3 Å². The van der Waals surface area contributed by atoms with Crippen LogP contribution in [0.25, 0.3) is 0 Å². The van der Waals surface area contributed by atoms with Crippen LogP contribution in [-0.2, 0) is 11.2 Å². The van der Waals surface area contributed by atoms with Crippen LogP contribution < -0.4 is 5.32 Å². The average Bonchev–Trinajstić information content (AvgIpc) is 2.46. The van der Waals surface area contributed by atoms with Crippen molar-refractivity contribution >= 4 is 11.6 Å². The second-order valence-electron chi connectivity index (χ2n) is 5.35. The number of aliphatic hydroxyl groups excluding tert-OH is 1. The first-order valence-electron chi connectivity index (χ1n) is 7.30. The van der Waals surface area contributed by atoms with E-state index >= 15 is 0 Å². The lowest BCUT2D eigenvalue weighted by Gasteiger charge is -2.20. The lowest BCUT2D eigenvalue weighted by Crippen LogP contribution is -2.24. The maximum Gasteiger partial charge on any atom is 0.227 e. The van der Waals surface area contributed by atoms with E-state index in [0.29, 0.717) is 0 Å². The fraction of sp³-hybridized carbons (Fsp3) is 0.562. The zero-order valence-corrected chi connectivity index (χ0v) is 11.4. The third-order valence-electron chi connectivity index (χ3n) is 3.79. The molecule has 0 unspecified atom stereocenters. The number of benzene rings is 1. The molecule has 0 bridgehead atoms. The van der Waals surface area contributed by atoms with Gasteiger partial charge in [0.15, 0.2) is 0 Å². The van der Waals surface area contributed by atoms with Crippen LogP contribution in [0.5, 0.6) is 0 Å². The molecule has 1 aromatic rings. The summed E-state index contributed by atoms with van der Waals surface area (Å²) < 4.78 is 0. The molecule has 0 aliphatic heterocycles. The largest absolute Gasteiger partial charge is 0.396 e. The van der Waals surface area contributed by atoms with Gasteiger partial charge in [0, 0.05) is 18.2 Å². The van der Waals surface area contributed by atoms with Crippen molar-refractivity contribution in [3.8, 4) is 0 Å². The number of hydrogen-bond donors (Lipinski definition) is 2. The molecule has 2 N–H and O–H groups in total. The number of aliphatic hydroxyl groups is 1. The Bertz CT molecular complexity index is 411. The van der Waals surface area contributed by atoms with Crippen molar-refractivity contribution in [3.05, 3.63) is 29.8 Å². The minimum absolute atomic E-state index is 0.166. The fourth-order valence-electron chi connectivity index (χ4n) is 2.70. The Morgan fingerprint density at radius 3 is 2.79 bits per heavy atom. The first kappa shape index (κ1) is 14.1. The smallest absolute Gasteiger partial charge is 0.227 e. The van der Waals surface area contributed by atoms with E-state index in [1.54, 1.807) is 0 Å². The van der Waals surface area contributed by atoms with E-state index in [1.807, 2.05) is 24.3 Å². The molecule has 1 aromatic carbocycles. The molecule has 3 heteroatoms. The predicted octanol–water partition coefficient (Wildman–Crippen LogP) is 3.13. The SMILES string of the molecule is O=C(Nc1cccc(CCCO)c1)C1CCCCC1. The molecule has 1 aliphatic carbocycles. The van der Waals surface area contributed by atoms with Gasteiger partial charge >= 0.3 is 0 Å². The van der Waals surface area contributed by atoms with Gasteiger partial charge in [0.05, 0.1) is 0 Å². The van der Waals surface area contributed by atoms with Crippen molar-refractivity contribution in [3.63, 3.8) is 0 Å². The van der Waals surface area contributed by atoms with Gasteiger partial charge in [-0.05, 0) is 43.4 Å². The van der Waals surface area contributed by atoms with Gasteiger partial charge in [-0.1, -0.05) is 31.4 Å². The minimum Gasteiger partial charge on any atom is -0.396 e. The van der Waals surface area contributed by atoms with Crippen LogP contribution in [0.4, 0.5) is 5.69 Å². The predicted molar refractivity (Wildman–Crippen MR) is 77.1 cm³/mol. The quantitative estimate of drug-likeness (QED) is 0.855. The van der Waals surface area contributed by atoms with Crippen molar-refractivity contribution in [1.29, 1.82) is 0 Å². The Hall–Kier alpha value is -1.35. The van der Waals surface area contributed by atoms with E-state index < -0.39 is 0 Å². The molecule has 2 rings (SSSR count). The van der Waals surface area contributed by atoms with Gasteiger partial charge in [-0.25, -0.2) is 0 Å². The fourth-order valence-corrected chi connectivity index (χ4v) is 2.70. The van der Waals surface area contributed by atoms with Crippen LogP contribution >= 0.6 is 0 Å². The van der Waals surface area contributed by atoms with Gasteiger partial charge in [-0.2, -0.15) is 0 Å². The molecular formula is C16H23NO2. The molecule has 1 fully saturated rings. The Morgan fingerprint density at radius 1 is 1.26 bits per heavy atom. The maximum atomic E-state index is 12.1. The average molecular weight is 261 g/mol. The number of amides is 1. The highest BCUT2D eigenvalue weighted by molar-refractivity contribution is 5.92. The van der Waals surface area contributed by atoms with Gasteiger partial charge in [-0.15, -0.1) is 0 Å². The Balaban J connectivity index is 1.92. The van der Waals surface area contributed by atoms with Crippen LogP contribution in [0, 0.1) is 5.92 Å². The number of aryl methyl sites for hydroxylation is 1. The van der Waals surface area contributed by atoms with E-state index in [4.69, 9.17) is 5.11 Å². The molecule has 19 heavy (non-hydrogen) atoms. The number of carbonyl (C=O) groups excluding carboxylic acids is 1. The van der Waals surface area contributed by atoms with Gasteiger partial charge in [0.25, 0.3) is 0 Å². The maximum absolute atomic E-state index is 12.1. The first-order valence-corrected chi connectivity index (χ1v) is 7.30. The number of rotatable bonds is 5. The molecule has 0 atom stereocenters. The van der Waals surface area contributed by atoms with Crippen LogP contribution in [0.1, 0.15) is 44.1 Å². The molecule has 1 amide bonds. The van der Waals surface area contributed by atoms with Gasteiger partial charge < -0.3 is 10.4 Å². The van der Waals surface area contributed by atoms with Crippen molar-refractivity contribution in [1.82, 2.24) is 0 Å². The molecule has 0 saturated heterocycles. The second-order valence-corrected chi connectivity index (χ2v) is 5.35. The van der Waals surface area contributed by atoms with E-state index in [2.05, 4.69) is 5.32 Å².